The molecular formula is C11H16FNS. The first-order valence-corrected chi connectivity index (χ1v) is 5.72. The smallest absolute Gasteiger partial charge is 0.124 e. The van der Waals surface area contributed by atoms with Crippen LogP contribution in [0.1, 0.15) is 13.8 Å². The molecule has 1 aromatic carbocycles. The van der Waals surface area contributed by atoms with Crippen LogP contribution in [-0.4, -0.2) is 11.8 Å². The fourth-order valence-electron chi connectivity index (χ4n) is 0.942. The lowest BCUT2D eigenvalue weighted by molar-refractivity contribution is 0.535. The minimum Gasteiger partial charge on any atom is -0.327 e. The Morgan fingerprint density at radius 3 is 2.71 bits per heavy atom. The number of hydrogen-bond acceptors (Lipinski definition) is 2. The van der Waals surface area contributed by atoms with E-state index in [2.05, 4.69) is 13.8 Å². The summed E-state index contributed by atoms with van der Waals surface area (Å²) in [5, 5.41) is 0. The molecule has 0 bridgehead atoms. The molecule has 14 heavy (non-hydrogen) atoms. The molecule has 0 aliphatic rings. The number of rotatable bonds is 4. The summed E-state index contributed by atoms with van der Waals surface area (Å²) in [6.45, 7) is 4.19. The van der Waals surface area contributed by atoms with E-state index in [0.717, 1.165) is 10.6 Å². The summed E-state index contributed by atoms with van der Waals surface area (Å²) in [7, 11) is 0. The Kier molecular flexibility index (Phi) is 4.42. The topological polar surface area (TPSA) is 26.0 Å². The molecule has 2 N–H and O–H groups in total. The molecule has 0 amide bonds. The van der Waals surface area contributed by atoms with Gasteiger partial charge in [-0.25, -0.2) is 4.39 Å². The minimum absolute atomic E-state index is 0.170. The third-order valence-corrected chi connectivity index (χ3v) is 3.23. The lowest BCUT2D eigenvalue weighted by atomic mass is 10.1. The Morgan fingerprint density at radius 1 is 1.43 bits per heavy atom. The van der Waals surface area contributed by atoms with Gasteiger partial charge >= 0.3 is 0 Å². The predicted octanol–water partition coefficient (Wildman–Crippen LogP) is 2.90. The molecular weight excluding hydrogens is 197 g/mol. The van der Waals surface area contributed by atoms with Gasteiger partial charge in [0.2, 0.25) is 0 Å². The van der Waals surface area contributed by atoms with Crippen LogP contribution in [-0.2, 0) is 0 Å². The molecule has 1 atom stereocenters. The Bertz CT molecular complexity index is 288. The van der Waals surface area contributed by atoms with E-state index >= 15 is 0 Å². The summed E-state index contributed by atoms with van der Waals surface area (Å²) in [6, 6.07) is 6.78. The highest BCUT2D eigenvalue weighted by Gasteiger charge is 2.07. The van der Waals surface area contributed by atoms with Gasteiger partial charge in [-0.05, 0) is 24.1 Å². The van der Waals surface area contributed by atoms with Gasteiger partial charge in [-0.15, -0.1) is 11.8 Å². The summed E-state index contributed by atoms with van der Waals surface area (Å²) < 4.78 is 12.8. The van der Waals surface area contributed by atoms with Gasteiger partial charge in [0, 0.05) is 16.7 Å². The molecule has 0 saturated carbocycles. The molecule has 0 fully saturated rings. The average molecular weight is 213 g/mol. The molecule has 1 unspecified atom stereocenters. The molecule has 0 aromatic heterocycles. The SMILES string of the molecule is CC(C)C(N)CSc1cccc(F)c1. The van der Waals surface area contributed by atoms with Crippen molar-refractivity contribution in [1.29, 1.82) is 0 Å². The fourth-order valence-corrected chi connectivity index (χ4v) is 2.08. The van der Waals surface area contributed by atoms with Gasteiger partial charge in [-0.3, -0.25) is 0 Å². The van der Waals surface area contributed by atoms with Crippen molar-refractivity contribution in [3.8, 4) is 0 Å². The maximum absolute atomic E-state index is 12.8. The van der Waals surface area contributed by atoms with E-state index in [4.69, 9.17) is 5.73 Å². The molecule has 1 nitrogen and oxygen atoms in total. The first-order valence-electron chi connectivity index (χ1n) is 4.73. The van der Waals surface area contributed by atoms with E-state index in [1.54, 1.807) is 17.8 Å². The van der Waals surface area contributed by atoms with Crippen molar-refractivity contribution < 1.29 is 4.39 Å². The number of halogens is 1. The average Bonchev–Trinajstić information content (AvgIpc) is 2.14. The summed E-state index contributed by atoms with van der Waals surface area (Å²) in [4.78, 5) is 0.945. The lowest BCUT2D eigenvalue weighted by Gasteiger charge is -2.14. The summed E-state index contributed by atoms with van der Waals surface area (Å²) in [5.41, 5.74) is 5.89. The summed E-state index contributed by atoms with van der Waals surface area (Å²) in [5.74, 6) is 1.12. The lowest BCUT2D eigenvalue weighted by Crippen LogP contribution is -2.28. The van der Waals surface area contributed by atoms with Gasteiger partial charge < -0.3 is 5.73 Å². The quantitative estimate of drug-likeness (QED) is 0.778. The Morgan fingerprint density at radius 2 is 2.14 bits per heavy atom. The van der Waals surface area contributed by atoms with Crippen LogP contribution >= 0.6 is 11.8 Å². The van der Waals surface area contributed by atoms with Gasteiger partial charge in [0.1, 0.15) is 5.82 Å². The molecule has 78 valence electrons. The number of thioether (sulfide) groups is 1. The van der Waals surface area contributed by atoms with Crippen LogP contribution in [0.4, 0.5) is 4.39 Å². The van der Waals surface area contributed by atoms with Crippen molar-refractivity contribution in [2.45, 2.75) is 24.8 Å². The van der Waals surface area contributed by atoms with Gasteiger partial charge in [-0.1, -0.05) is 19.9 Å². The fraction of sp³-hybridized carbons (Fsp3) is 0.455. The van der Waals surface area contributed by atoms with Crippen LogP contribution in [0, 0.1) is 11.7 Å². The Balaban J connectivity index is 2.45. The van der Waals surface area contributed by atoms with Gasteiger partial charge in [0.15, 0.2) is 0 Å². The third-order valence-electron chi connectivity index (χ3n) is 2.09. The molecule has 0 spiro atoms. The van der Waals surface area contributed by atoms with Gasteiger partial charge in [-0.2, -0.15) is 0 Å². The van der Waals surface area contributed by atoms with Gasteiger partial charge in [0.05, 0.1) is 0 Å². The van der Waals surface area contributed by atoms with Crippen LogP contribution < -0.4 is 5.73 Å². The van der Waals surface area contributed by atoms with E-state index < -0.39 is 0 Å². The van der Waals surface area contributed by atoms with Crippen LogP contribution in [0.3, 0.4) is 0 Å². The summed E-state index contributed by atoms with van der Waals surface area (Å²) >= 11 is 1.61. The number of nitrogens with two attached hydrogens (primary N) is 1. The molecule has 0 saturated heterocycles. The third kappa shape index (κ3) is 3.68. The highest BCUT2D eigenvalue weighted by atomic mass is 32.2. The monoisotopic (exact) mass is 213 g/mol. The molecule has 3 heteroatoms. The second-order valence-electron chi connectivity index (χ2n) is 3.68. The van der Waals surface area contributed by atoms with Gasteiger partial charge in [0.25, 0.3) is 0 Å². The van der Waals surface area contributed by atoms with Crippen molar-refractivity contribution in [2.75, 3.05) is 5.75 Å². The molecule has 1 aromatic rings. The maximum Gasteiger partial charge on any atom is 0.124 e. The number of hydrogen-bond donors (Lipinski definition) is 1. The van der Waals surface area contributed by atoms with E-state index in [9.17, 15) is 4.39 Å². The maximum atomic E-state index is 12.8. The van der Waals surface area contributed by atoms with E-state index in [1.165, 1.54) is 12.1 Å². The molecule has 0 radical (unpaired) electrons. The minimum atomic E-state index is -0.187. The zero-order valence-electron chi connectivity index (χ0n) is 8.53. The largest absolute Gasteiger partial charge is 0.327 e. The zero-order chi connectivity index (χ0) is 10.6. The predicted molar refractivity (Wildman–Crippen MR) is 59.9 cm³/mol. The first-order chi connectivity index (χ1) is 6.59. The van der Waals surface area contributed by atoms with Crippen molar-refractivity contribution in [1.82, 2.24) is 0 Å². The first kappa shape index (κ1) is 11.5. The van der Waals surface area contributed by atoms with Crippen LogP contribution in [0.5, 0.6) is 0 Å². The Hall–Kier alpha value is -0.540. The molecule has 0 heterocycles. The molecule has 0 aliphatic carbocycles. The molecule has 0 aliphatic heterocycles. The normalized spacial score (nSPS) is 13.2. The molecule has 1 rings (SSSR count). The second-order valence-corrected chi connectivity index (χ2v) is 4.77. The zero-order valence-corrected chi connectivity index (χ0v) is 9.35. The van der Waals surface area contributed by atoms with E-state index in [-0.39, 0.29) is 11.9 Å². The standard InChI is InChI=1S/C11H16FNS/c1-8(2)11(13)7-14-10-5-3-4-9(12)6-10/h3-6,8,11H,7,13H2,1-2H3. The number of benzene rings is 1. The van der Waals surface area contributed by atoms with Crippen LogP contribution in [0.15, 0.2) is 29.2 Å². The van der Waals surface area contributed by atoms with Crippen molar-refractivity contribution in [2.24, 2.45) is 11.7 Å². The van der Waals surface area contributed by atoms with Crippen molar-refractivity contribution in [3.63, 3.8) is 0 Å². The van der Waals surface area contributed by atoms with E-state index in [1.807, 2.05) is 6.07 Å². The highest BCUT2D eigenvalue weighted by molar-refractivity contribution is 7.99. The summed E-state index contributed by atoms with van der Waals surface area (Å²) in [6.07, 6.45) is 0. The van der Waals surface area contributed by atoms with Crippen LogP contribution in [0.25, 0.3) is 0 Å². The van der Waals surface area contributed by atoms with Crippen molar-refractivity contribution >= 4 is 11.8 Å². The van der Waals surface area contributed by atoms with Crippen molar-refractivity contribution in [3.05, 3.63) is 30.1 Å². The van der Waals surface area contributed by atoms with E-state index in [0.29, 0.717) is 5.92 Å². The highest BCUT2D eigenvalue weighted by Crippen LogP contribution is 2.20. The van der Waals surface area contributed by atoms with Crippen LogP contribution in [0.2, 0.25) is 0 Å². The second kappa shape index (κ2) is 5.37. The Labute approximate surface area is 88.9 Å².